The molecule has 0 aromatic heterocycles. The first-order chi connectivity index (χ1) is 8.37. The van der Waals surface area contributed by atoms with Crippen molar-refractivity contribution in [2.24, 2.45) is 0 Å². The molecule has 1 heterocycles. The molecular formula is C8H14N4O6. The highest BCUT2D eigenvalue weighted by Gasteiger charge is 2.78. The maximum Gasteiger partial charge on any atom is 0.505 e. The monoisotopic (exact) mass is 262 g/mol. The van der Waals surface area contributed by atoms with E-state index in [4.69, 9.17) is 0 Å². The molecule has 1 unspecified atom stereocenters. The Morgan fingerprint density at radius 3 is 2.11 bits per heavy atom. The topological polar surface area (TPSA) is 133 Å². The van der Waals surface area contributed by atoms with Crippen LogP contribution in [0.1, 0.15) is 32.6 Å². The van der Waals surface area contributed by atoms with Gasteiger partial charge in [0.25, 0.3) is 0 Å². The zero-order chi connectivity index (χ0) is 13.9. The third kappa shape index (κ3) is 2.05. The summed E-state index contributed by atoms with van der Waals surface area (Å²) in [6.07, 6.45) is 2.13. The van der Waals surface area contributed by atoms with E-state index in [9.17, 15) is 30.3 Å². The third-order valence-electron chi connectivity index (χ3n) is 3.21. The molecule has 102 valence electrons. The van der Waals surface area contributed by atoms with Crippen LogP contribution in [-0.2, 0) is 0 Å². The molecule has 0 aromatic carbocycles. The summed E-state index contributed by atoms with van der Waals surface area (Å²) in [6.45, 7) is 1.12. The lowest BCUT2D eigenvalue weighted by Crippen LogP contribution is -2.77. The van der Waals surface area contributed by atoms with Gasteiger partial charge >= 0.3 is 5.66 Å². The number of unbranched alkanes of at least 4 members (excludes halogenated alkanes) is 2. The lowest BCUT2D eigenvalue weighted by atomic mass is 9.87. The zero-order valence-corrected chi connectivity index (χ0v) is 9.85. The molecule has 0 saturated carbocycles. The summed E-state index contributed by atoms with van der Waals surface area (Å²) in [5.41, 5.74) is -2.43. The van der Waals surface area contributed by atoms with E-state index in [1.54, 1.807) is 0 Å². The fraction of sp³-hybridized carbons (Fsp3) is 1.00. The Kier molecular flexibility index (Phi) is 3.99. The van der Waals surface area contributed by atoms with Crippen LogP contribution >= 0.6 is 0 Å². The second-order valence-corrected chi connectivity index (χ2v) is 4.24. The Balaban J connectivity index is 2.88. The quantitative estimate of drug-likeness (QED) is 0.285. The molecule has 0 bridgehead atoms. The molecule has 0 amide bonds. The van der Waals surface area contributed by atoms with Crippen LogP contribution in [0.2, 0.25) is 0 Å². The molecule has 1 atom stereocenters. The number of hydrazine groups is 1. The molecule has 0 aliphatic carbocycles. The maximum atomic E-state index is 10.9. The lowest BCUT2D eigenvalue weighted by molar-refractivity contribution is -0.863. The van der Waals surface area contributed by atoms with Crippen LogP contribution in [-0.4, -0.2) is 38.1 Å². The van der Waals surface area contributed by atoms with Crippen molar-refractivity contribution in [2.75, 3.05) is 6.54 Å². The molecular weight excluding hydrogens is 248 g/mol. The van der Waals surface area contributed by atoms with Crippen molar-refractivity contribution in [1.29, 1.82) is 0 Å². The average molecular weight is 262 g/mol. The number of hydrogen-bond acceptors (Lipinski definition) is 6. The molecule has 1 aliphatic rings. The Labute approximate surface area is 102 Å². The second kappa shape index (κ2) is 5.10. The minimum atomic E-state index is -2.43. The van der Waals surface area contributed by atoms with Crippen LogP contribution in [0, 0.1) is 30.3 Å². The Morgan fingerprint density at radius 2 is 1.72 bits per heavy atom. The van der Waals surface area contributed by atoms with Crippen molar-refractivity contribution in [3.05, 3.63) is 30.3 Å². The van der Waals surface area contributed by atoms with E-state index in [1.165, 1.54) is 0 Å². The van der Waals surface area contributed by atoms with E-state index in [0.717, 1.165) is 12.8 Å². The van der Waals surface area contributed by atoms with Crippen LogP contribution < -0.4 is 0 Å². The standard InChI is InChI=1S/C8H14N4O6/c1-2-3-4-5-7-8(10(13)14,11(15)16)6-9(7)12(17)18/h7H,2-6H2,1H3. The molecule has 1 aliphatic heterocycles. The highest BCUT2D eigenvalue weighted by atomic mass is 16.7. The van der Waals surface area contributed by atoms with E-state index >= 15 is 0 Å². The van der Waals surface area contributed by atoms with Gasteiger partial charge in [-0.2, -0.15) is 0 Å². The molecule has 0 aromatic rings. The summed E-state index contributed by atoms with van der Waals surface area (Å²) < 4.78 is 0. The third-order valence-corrected chi connectivity index (χ3v) is 3.21. The molecule has 18 heavy (non-hydrogen) atoms. The van der Waals surface area contributed by atoms with Gasteiger partial charge in [0, 0.05) is 0 Å². The SMILES string of the molecule is CCCCCC1N([N+](=O)[O-])CC1([N+](=O)[O-])[N+](=O)[O-]. The second-order valence-electron chi connectivity index (χ2n) is 4.24. The van der Waals surface area contributed by atoms with Crippen molar-refractivity contribution in [1.82, 2.24) is 5.01 Å². The van der Waals surface area contributed by atoms with Gasteiger partial charge in [-0.3, -0.25) is 20.2 Å². The Morgan fingerprint density at radius 1 is 1.17 bits per heavy atom. The highest BCUT2D eigenvalue weighted by molar-refractivity contribution is 4.95. The Bertz CT molecular complexity index is 359. The summed E-state index contributed by atoms with van der Waals surface area (Å²) in [5, 5.41) is 32.2. The van der Waals surface area contributed by atoms with Crippen molar-refractivity contribution in [2.45, 2.75) is 44.3 Å². The summed E-state index contributed by atoms with van der Waals surface area (Å²) >= 11 is 0. The summed E-state index contributed by atoms with van der Waals surface area (Å²) in [7, 11) is 0. The molecule has 10 heteroatoms. The van der Waals surface area contributed by atoms with Crippen LogP contribution in [0.15, 0.2) is 0 Å². The fourth-order valence-corrected chi connectivity index (χ4v) is 2.15. The van der Waals surface area contributed by atoms with Crippen molar-refractivity contribution in [3.8, 4) is 0 Å². The van der Waals surface area contributed by atoms with Gasteiger partial charge in [0.2, 0.25) is 12.6 Å². The van der Waals surface area contributed by atoms with Crippen LogP contribution in [0.25, 0.3) is 0 Å². The maximum absolute atomic E-state index is 10.9. The van der Waals surface area contributed by atoms with Crippen LogP contribution in [0.4, 0.5) is 0 Å². The Hall–Kier alpha value is -2.00. The average Bonchev–Trinajstić information content (AvgIpc) is 2.21. The number of nitro groups is 3. The smallest absolute Gasteiger partial charge is 0.258 e. The number of nitrogens with zero attached hydrogens (tertiary/aromatic N) is 4. The largest absolute Gasteiger partial charge is 0.505 e. The van der Waals surface area contributed by atoms with E-state index < -0.39 is 33.1 Å². The van der Waals surface area contributed by atoms with Crippen LogP contribution in [0.5, 0.6) is 0 Å². The number of rotatable bonds is 7. The first-order valence-electron chi connectivity index (χ1n) is 5.57. The van der Waals surface area contributed by atoms with Gasteiger partial charge in [0.1, 0.15) is 9.85 Å². The summed E-state index contributed by atoms with van der Waals surface area (Å²) in [4.78, 5) is 30.4. The highest BCUT2D eigenvalue weighted by Crippen LogP contribution is 2.36. The normalized spacial score (nSPS) is 21.2. The first-order valence-corrected chi connectivity index (χ1v) is 5.57. The fourth-order valence-electron chi connectivity index (χ4n) is 2.15. The number of hydrogen-bond donors (Lipinski definition) is 0. The molecule has 0 radical (unpaired) electrons. The van der Waals surface area contributed by atoms with Gasteiger partial charge in [-0.25, -0.2) is 10.1 Å². The van der Waals surface area contributed by atoms with E-state index in [-0.39, 0.29) is 6.42 Å². The molecule has 1 saturated heterocycles. The minimum Gasteiger partial charge on any atom is -0.258 e. The van der Waals surface area contributed by atoms with Crippen LogP contribution in [0.3, 0.4) is 0 Å². The molecule has 1 rings (SSSR count). The van der Waals surface area contributed by atoms with E-state index in [2.05, 4.69) is 0 Å². The molecule has 0 N–H and O–H groups in total. The van der Waals surface area contributed by atoms with Gasteiger partial charge in [-0.1, -0.05) is 31.2 Å². The van der Waals surface area contributed by atoms with Gasteiger partial charge in [0.05, 0.1) is 0 Å². The minimum absolute atomic E-state index is 0.0801. The van der Waals surface area contributed by atoms with Crippen molar-refractivity contribution in [3.63, 3.8) is 0 Å². The predicted octanol–water partition coefficient (Wildman–Crippen LogP) is 0.692. The van der Waals surface area contributed by atoms with Crippen molar-refractivity contribution >= 4 is 0 Å². The van der Waals surface area contributed by atoms with E-state index in [0.29, 0.717) is 11.4 Å². The summed E-state index contributed by atoms with van der Waals surface area (Å²) in [6, 6.07) is -1.27. The first kappa shape index (κ1) is 14.1. The molecule has 10 nitrogen and oxygen atoms in total. The van der Waals surface area contributed by atoms with Crippen molar-refractivity contribution < 1.29 is 14.9 Å². The molecule has 0 spiro atoms. The predicted molar refractivity (Wildman–Crippen MR) is 58.4 cm³/mol. The van der Waals surface area contributed by atoms with Gasteiger partial charge in [-0.15, -0.1) is 0 Å². The van der Waals surface area contributed by atoms with Gasteiger partial charge < -0.3 is 0 Å². The van der Waals surface area contributed by atoms with Gasteiger partial charge in [0.15, 0.2) is 5.03 Å². The lowest BCUT2D eigenvalue weighted by Gasteiger charge is -2.37. The molecule has 1 fully saturated rings. The zero-order valence-electron chi connectivity index (χ0n) is 9.85. The summed E-state index contributed by atoms with van der Waals surface area (Å²) in [5.74, 6) is 0. The van der Waals surface area contributed by atoms with Gasteiger partial charge in [-0.05, 0) is 6.42 Å². The van der Waals surface area contributed by atoms with E-state index in [1.807, 2.05) is 6.92 Å².